The summed E-state index contributed by atoms with van der Waals surface area (Å²) in [4.78, 5) is 0. The third-order valence-corrected chi connectivity index (χ3v) is 6.50. The zero-order valence-corrected chi connectivity index (χ0v) is 14.7. The van der Waals surface area contributed by atoms with E-state index in [1.165, 1.54) is 22.3 Å². The Balaban J connectivity index is 1.71. The Morgan fingerprint density at radius 3 is 1.65 bits per heavy atom. The standard InChI is InChI=1S/C19H14.Hf/c1-3-7-18-14(5-1)9-11-16(18)13-17-12-10-15-6-2-4-8-19(15)17;/h1-12,16-17H;. The van der Waals surface area contributed by atoms with E-state index in [0.29, 0.717) is 11.8 Å². The summed E-state index contributed by atoms with van der Waals surface area (Å²) in [6.07, 6.45) is 9.31. The molecule has 0 bridgehead atoms. The van der Waals surface area contributed by atoms with E-state index >= 15 is 0 Å². The molecule has 2 aliphatic carbocycles. The molecular formula is C19H14Hf. The topological polar surface area (TPSA) is 0 Å². The van der Waals surface area contributed by atoms with Crippen molar-refractivity contribution in [1.82, 2.24) is 0 Å². The molecule has 1 heteroatoms. The molecule has 0 spiro atoms. The predicted molar refractivity (Wildman–Crippen MR) is 81.4 cm³/mol. The van der Waals surface area contributed by atoms with Crippen molar-refractivity contribution >= 4 is 15.4 Å². The first kappa shape index (κ1) is 12.4. The third kappa shape index (κ3) is 1.88. The SMILES string of the molecule is [Hf]=[C](C1C=Cc2ccccc21)C1C=Cc2ccccc21. The van der Waals surface area contributed by atoms with Crippen LogP contribution < -0.4 is 0 Å². The average molecular weight is 421 g/mol. The van der Waals surface area contributed by atoms with Crippen LogP contribution in [0.1, 0.15) is 34.1 Å². The van der Waals surface area contributed by atoms with E-state index in [-0.39, 0.29) is 0 Å². The third-order valence-electron chi connectivity index (χ3n) is 4.27. The first-order valence-corrected chi connectivity index (χ1v) is 8.77. The summed E-state index contributed by atoms with van der Waals surface area (Å²) in [6, 6.07) is 17.6. The second kappa shape index (κ2) is 4.89. The fraction of sp³-hybridized carbons (Fsp3) is 0.105. The summed E-state index contributed by atoms with van der Waals surface area (Å²) in [7, 11) is 0. The molecule has 0 saturated heterocycles. The molecule has 2 atom stereocenters. The van der Waals surface area contributed by atoms with E-state index in [2.05, 4.69) is 72.8 Å². The van der Waals surface area contributed by atoms with Gasteiger partial charge in [0, 0.05) is 0 Å². The maximum absolute atomic E-state index is 2.38. The van der Waals surface area contributed by atoms with Crippen molar-refractivity contribution in [3.8, 4) is 0 Å². The predicted octanol–water partition coefficient (Wildman–Crippen LogP) is 4.33. The van der Waals surface area contributed by atoms with Crippen LogP contribution in [0.2, 0.25) is 0 Å². The number of benzene rings is 2. The molecule has 20 heavy (non-hydrogen) atoms. The van der Waals surface area contributed by atoms with Gasteiger partial charge >= 0.3 is 134 Å². The Kier molecular flexibility index (Phi) is 3.03. The van der Waals surface area contributed by atoms with Crippen molar-refractivity contribution in [2.75, 3.05) is 0 Å². The van der Waals surface area contributed by atoms with Crippen molar-refractivity contribution < 1.29 is 23.9 Å². The number of hydrogen-bond donors (Lipinski definition) is 0. The quantitative estimate of drug-likeness (QED) is 0.635. The van der Waals surface area contributed by atoms with Crippen molar-refractivity contribution in [3.63, 3.8) is 0 Å². The summed E-state index contributed by atoms with van der Waals surface area (Å²) >= 11 is 1.13. The summed E-state index contributed by atoms with van der Waals surface area (Å²) in [6.45, 7) is 0. The van der Waals surface area contributed by atoms with Crippen LogP contribution in [-0.2, 0) is 23.9 Å². The van der Waals surface area contributed by atoms with Gasteiger partial charge in [-0.1, -0.05) is 0 Å². The molecule has 0 N–H and O–H groups in total. The molecule has 0 radical (unpaired) electrons. The van der Waals surface area contributed by atoms with Crippen LogP contribution in [0.5, 0.6) is 0 Å². The molecule has 2 unspecified atom stereocenters. The second-order valence-corrected chi connectivity index (χ2v) is 7.46. The van der Waals surface area contributed by atoms with E-state index < -0.39 is 0 Å². The molecule has 0 fully saturated rings. The fourth-order valence-corrected chi connectivity index (χ4v) is 5.04. The number of allylic oxidation sites excluding steroid dienone is 2. The second-order valence-electron chi connectivity index (χ2n) is 5.39. The summed E-state index contributed by atoms with van der Waals surface area (Å²) < 4.78 is 1.66. The monoisotopic (exact) mass is 422 g/mol. The van der Waals surface area contributed by atoms with Crippen LogP contribution in [0.3, 0.4) is 0 Å². The summed E-state index contributed by atoms with van der Waals surface area (Å²) in [5, 5.41) is 0. The van der Waals surface area contributed by atoms with Gasteiger partial charge in [-0.05, 0) is 0 Å². The summed E-state index contributed by atoms with van der Waals surface area (Å²) in [5.41, 5.74) is 5.74. The van der Waals surface area contributed by atoms with Crippen molar-refractivity contribution in [2.45, 2.75) is 11.8 Å². The molecule has 0 saturated carbocycles. The van der Waals surface area contributed by atoms with Gasteiger partial charge in [-0.25, -0.2) is 0 Å². The van der Waals surface area contributed by atoms with Crippen LogP contribution in [0, 0.1) is 0 Å². The fourth-order valence-electron chi connectivity index (χ4n) is 3.23. The minimum atomic E-state index is 0.513. The van der Waals surface area contributed by atoms with Crippen LogP contribution in [0.15, 0.2) is 60.7 Å². The van der Waals surface area contributed by atoms with E-state index in [1.54, 1.807) is 3.26 Å². The number of fused-ring (bicyclic) bond motifs is 2. The Labute approximate surface area is 133 Å². The summed E-state index contributed by atoms with van der Waals surface area (Å²) in [5.74, 6) is 1.03. The van der Waals surface area contributed by atoms with E-state index in [4.69, 9.17) is 0 Å². The van der Waals surface area contributed by atoms with Gasteiger partial charge in [0.15, 0.2) is 0 Å². The van der Waals surface area contributed by atoms with Gasteiger partial charge in [0.1, 0.15) is 0 Å². The average Bonchev–Trinajstić information content (AvgIpc) is 3.11. The van der Waals surface area contributed by atoms with Gasteiger partial charge in [-0.3, -0.25) is 0 Å². The first-order valence-electron chi connectivity index (χ1n) is 6.97. The normalized spacial score (nSPS) is 21.8. The molecule has 0 aliphatic heterocycles. The van der Waals surface area contributed by atoms with Gasteiger partial charge in [0.25, 0.3) is 0 Å². The minimum absolute atomic E-state index is 0.513. The van der Waals surface area contributed by atoms with E-state index in [9.17, 15) is 0 Å². The van der Waals surface area contributed by atoms with Crippen LogP contribution >= 0.6 is 0 Å². The Hall–Kier alpha value is -1.34. The molecular weight excluding hydrogens is 407 g/mol. The van der Waals surface area contributed by atoms with Crippen LogP contribution in [0.4, 0.5) is 0 Å². The van der Waals surface area contributed by atoms with E-state index in [0.717, 1.165) is 23.9 Å². The number of hydrogen-bond acceptors (Lipinski definition) is 0. The van der Waals surface area contributed by atoms with Crippen molar-refractivity contribution in [2.24, 2.45) is 0 Å². The molecule has 94 valence electrons. The van der Waals surface area contributed by atoms with Gasteiger partial charge < -0.3 is 0 Å². The van der Waals surface area contributed by atoms with Gasteiger partial charge in [-0.2, -0.15) is 0 Å². The molecule has 0 amide bonds. The Morgan fingerprint density at radius 1 is 0.700 bits per heavy atom. The molecule has 2 aromatic rings. The van der Waals surface area contributed by atoms with Gasteiger partial charge in [0.2, 0.25) is 0 Å². The van der Waals surface area contributed by atoms with Crippen molar-refractivity contribution in [1.29, 1.82) is 0 Å². The van der Waals surface area contributed by atoms with Crippen molar-refractivity contribution in [3.05, 3.63) is 82.9 Å². The maximum atomic E-state index is 2.38. The molecule has 0 aromatic heterocycles. The zero-order valence-electron chi connectivity index (χ0n) is 11.1. The Morgan fingerprint density at radius 2 is 1.15 bits per heavy atom. The zero-order chi connectivity index (χ0) is 13.5. The Bertz CT molecular complexity index is 688. The van der Waals surface area contributed by atoms with Crippen LogP contribution in [-0.4, -0.2) is 3.26 Å². The molecule has 0 nitrogen and oxygen atoms in total. The van der Waals surface area contributed by atoms with Gasteiger partial charge in [0.05, 0.1) is 0 Å². The molecule has 2 aliphatic rings. The van der Waals surface area contributed by atoms with Crippen LogP contribution in [0.25, 0.3) is 12.2 Å². The molecule has 4 rings (SSSR count). The molecule has 2 aromatic carbocycles. The van der Waals surface area contributed by atoms with Gasteiger partial charge in [-0.15, -0.1) is 0 Å². The first-order chi connectivity index (χ1) is 9.84. The van der Waals surface area contributed by atoms with E-state index in [1.807, 2.05) is 0 Å². The molecule has 0 heterocycles. The number of rotatable bonds is 2.